The second-order valence-electron chi connectivity index (χ2n) is 19.8. The van der Waals surface area contributed by atoms with Crippen molar-refractivity contribution < 1.29 is 29.0 Å². The molecular formula is C44H62ClNO6. The number of nitrogens with zero attached hydrogens (tertiary/aromatic N) is 1. The van der Waals surface area contributed by atoms with Gasteiger partial charge in [0.15, 0.2) is 5.78 Å². The number of Topliss-reactive ketones (excluding diaryl/α,β-unsaturated/α-hetero) is 1. The van der Waals surface area contributed by atoms with Crippen molar-refractivity contribution in [3.8, 4) is 0 Å². The summed E-state index contributed by atoms with van der Waals surface area (Å²) >= 11 is 6.16. The normalized spacial score (nSPS) is 36.7. The van der Waals surface area contributed by atoms with Crippen LogP contribution in [-0.4, -0.2) is 46.8 Å². The maximum absolute atomic E-state index is 14.8. The molecule has 6 rings (SSSR count). The predicted molar refractivity (Wildman–Crippen MR) is 203 cm³/mol. The second-order valence-corrected chi connectivity index (χ2v) is 20.2. The highest BCUT2D eigenvalue weighted by Gasteiger charge is 2.71. The molecule has 1 amide bonds. The number of carbonyl (C=O) groups excluding carboxylic acids is 3. The van der Waals surface area contributed by atoms with Crippen molar-refractivity contribution in [2.45, 2.75) is 139 Å². The molecule has 52 heavy (non-hydrogen) atoms. The lowest BCUT2D eigenvalue weighted by molar-refractivity contribution is -0.233. The van der Waals surface area contributed by atoms with Crippen molar-refractivity contribution in [3.05, 3.63) is 46.0 Å². The van der Waals surface area contributed by atoms with Crippen molar-refractivity contribution in [2.75, 3.05) is 7.05 Å². The van der Waals surface area contributed by atoms with E-state index in [-0.39, 0.29) is 64.1 Å². The standard InChI is InChI=1S/C44H62ClNO6/c1-26(2)35-30(47)23-44(37(49)46(10)25-27-11-13-28(45)14-12-27)22-21-42(8)29(36(35)44)15-16-32-41(7)19-18-33(52-34(48)24-39(3,4)38(50)51)40(5,6)31(41)17-20-43(32,42)9/h11-14,26,29,31-33H,15-25H2,1-10H3,(H,50,51)/t29-,31+,32-,33+,41+,42-,43-,44-/m1/s1. The largest absolute Gasteiger partial charge is 0.481 e. The smallest absolute Gasteiger partial charge is 0.309 e. The van der Waals surface area contributed by atoms with Crippen LogP contribution >= 0.6 is 11.6 Å². The molecule has 4 saturated carbocycles. The number of ketones is 1. The third-order valence-electron chi connectivity index (χ3n) is 15.9. The summed E-state index contributed by atoms with van der Waals surface area (Å²) in [5.41, 5.74) is 0.865. The fourth-order valence-electron chi connectivity index (χ4n) is 13.0. The number of halogens is 1. The Hall–Kier alpha value is -2.67. The van der Waals surface area contributed by atoms with E-state index >= 15 is 0 Å². The van der Waals surface area contributed by atoms with E-state index < -0.39 is 22.8 Å². The van der Waals surface area contributed by atoms with Gasteiger partial charge in [0.25, 0.3) is 0 Å². The Morgan fingerprint density at radius 3 is 2.19 bits per heavy atom. The van der Waals surface area contributed by atoms with Crippen LogP contribution in [0.15, 0.2) is 35.4 Å². The molecule has 0 radical (unpaired) electrons. The van der Waals surface area contributed by atoms with Gasteiger partial charge in [-0.2, -0.15) is 0 Å². The number of carboxylic acid groups (broad SMARTS) is 1. The number of hydrogen-bond donors (Lipinski definition) is 1. The zero-order chi connectivity index (χ0) is 38.4. The molecule has 5 aliphatic rings. The molecule has 0 bridgehead atoms. The molecule has 5 aliphatic carbocycles. The van der Waals surface area contributed by atoms with Gasteiger partial charge in [-0.3, -0.25) is 19.2 Å². The van der Waals surface area contributed by atoms with Crippen LogP contribution < -0.4 is 0 Å². The number of fused-ring (bicyclic) bond motifs is 7. The third kappa shape index (κ3) is 5.80. The van der Waals surface area contributed by atoms with Crippen LogP contribution in [0.1, 0.15) is 132 Å². The molecule has 1 N–H and O–H groups in total. The van der Waals surface area contributed by atoms with E-state index in [1.807, 2.05) is 36.2 Å². The van der Waals surface area contributed by atoms with Crippen LogP contribution in [0.3, 0.4) is 0 Å². The summed E-state index contributed by atoms with van der Waals surface area (Å²) in [5.74, 6) is -0.161. The first-order chi connectivity index (χ1) is 24.0. The Labute approximate surface area is 316 Å². The van der Waals surface area contributed by atoms with Gasteiger partial charge in [-0.15, -0.1) is 0 Å². The lowest BCUT2D eigenvalue weighted by atomic mass is 9.33. The number of esters is 1. The molecular weight excluding hydrogens is 674 g/mol. The van der Waals surface area contributed by atoms with Gasteiger partial charge < -0.3 is 14.7 Å². The van der Waals surface area contributed by atoms with Crippen molar-refractivity contribution in [3.63, 3.8) is 0 Å². The van der Waals surface area contributed by atoms with Crippen LogP contribution in [-0.2, 0) is 30.5 Å². The molecule has 286 valence electrons. The van der Waals surface area contributed by atoms with Crippen LogP contribution in [0.2, 0.25) is 5.02 Å². The number of benzene rings is 1. The van der Waals surface area contributed by atoms with Crippen molar-refractivity contribution >= 4 is 35.2 Å². The Bertz CT molecular complexity index is 1680. The van der Waals surface area contributed by atoms with E-state index in [4.69, 9.17) is 16.3 Å². The molecule has 0 aliphatic heterocycles. The number of rotatable bonds is 8. The van der Waals surface area contributed by atoms with Crippen molar-refractivity contribution in [1.82, 2.24) is 4.90 Å². The lowest BCUT2D eigenvalue weighted by Crippen LogP contribution is -2.66. The minimum Gasteiger partial charge on any atom is -0.481 e. The number of allylic oxidation sites excluding steroid dienone is 1. The maximum atomic E-state index is 14.8. The van der Waals surface area contributed by atoms with Gasteiger partial charge in [0.1, 0.15) is 6.10 Å². The molecule has 0 spiro atoms. The SMILES string of the molecule is CC(C)C1=C2[C@H]3CC[C@@H]4[C@@]5(C)CC[C@H](OC(=O)CC(C)(C)C(=O)O)C(C)(C)[C@@H]5CC[C@@]4(C)[C@]3(C)CC[C@@]2(C(=O)N(C)Cc2ccc(Cl)cc2)CC1=O. The highest BCUT2D eigenvalue weighted by Crippen LogP contribution is 2.77. The Morgan fingerprint density at radius 1 is 0.923 bits per heavy atom. The molecule has 0 aromatic heterocycles. The zero-order valence-corrected chi connectivity index (χ0v) is 34.0. The van der Waals surface area contributed by atoms with Gasteiger partial charge in [0.2, 0.25) is 5.91 Å². The Balaban J connectivity index is 1.30. The first-order valence-electron chi connectivity index (χ1n) is 19.8. The van der Waals surface area contributed by atoms with E-state index in [2.05, 4.69) is 48.5 Å². The zero-order valence-electron chi connectivity index (χ0n) is 33.3. The molecule has 8 heteroatoms. The first-order valence-corrected chi connectivity index (χ1v) is 20.1. The van der Waals surface area contributed by atoms with E-state index in [1.165, 1.54) is 5.57 Å². The fourth-order valence-corrected chi connectivity index (χ4v) is 13.1. The van der Waals surface area contributed by atoms with Gasteiger partial charge in [-0.1, -0.05) is 72.2 Å². The molecule has 8 atom stereocenters. The minimum atomic E-state index is -1.17. The number of carboxylic acids is 1. The monoisotopic (exact) mass is 735 g/mol. The highest BCUT2D eigenvalue weighted by atomic mass is 35.5. The van der Waals surface area contributed by atoms with E-state index in [0.29, 0.717) is 29.8 Å². The number of aliphatic carboxylic acids is 1. The molecule has 0 heterocycles. The van der Waals surface area contributed by atoms with Crippen molar-refractivity contribution in [1.29, 1.82) is 0 Å². The first kappa shape index (κ1) is 39.0. The van der Waals surface area contributed by atoms with Crippen LogP contribution in [0.4, 0.5) is 0 Å². The third-order valence-corrected chi connectivity index (χ3v) is 16.1. The van der Waals surface area contributed by atoms with Gasteiger partial charge >= 0.3 is 11.9 Å². The van der Waals surface area contributed by atoms with Crippen LogP contribution in [0.25, 0.3) is 0 Å². The number of amides is 1. The van der Waals surface area contributed by atoms with E-state index in [9.17, 15) is 24.3 Å². The predicted octanol–water partition coefficient (Wildman–Crippen LogP) is 9.69. The van der Waals surface area contributed by atoms with E-state index in [1.54, 1.807) is 13.8 Å². The van der Waals surface area contributed by atoms with Gasteiger partial charge in [0, 0.05) is 30.5 Å². The topological polar surface area (TPSA) is 101 Å². The van der Waals surface area contributed by atoms with Gasteiger partial charge in [0.05, 0.1) is 17.3 Å². The fraction of sp³-hybridized carbons (Fsp3) is 0.727. The summed E-state index contributed by atoms with van der Waals surface area (Å²) in [5, 5.41) is 10.3. The van der Waals surface area contributed by atoms with Gasteiger partial charge in [-0.25, -0.2) is 0 Å². The average Bonchev–Trinajstić information content (AvgIpc) is 3.36. The van der Waals surface area contributed by atoms with E-state index in [0.717, 1.165) is 56.1 Å². The summed E-state index contributed by atoms with van der Waals surface area (Å²) in [4.78, 5) is 55.6. The summed E-state index contributed by atoms with van der Waals surface area (Å²) in [6, 6.07) is 7.66. The summed E-state index contributed by atoms with van der Waals surface area (Å²) < 4.78 is 6.16. The quantitative estimate of drug-likeness (QED) is 0.267. The number of hydrogen-bond acceptors (Lipinski definition) is 5. The lowest BCUT2D eigenvalue weighted by Gasteiger charge is -2.72. The summed E-state index contributed by atoms with van der Waals surface area (Å²) in [6.45, 7) is 19.9. The molecule has 1 aromatic carbocycles. The Kier molecular flexibility index (Phi) is 9.74. The molecule has 0 saturated heterocycles. The summed E-state index contributed by atoms with van der Waals surface area (Å²) in [7, 11) is 1.89. The minimum absolute atomic E-state index is 0.0113. The maximum Gasteiger partial charge on any atom is 0.309 e. The Morgan fingerprint density at radius 2 is 1.58 bits per heavy atom. The van der Waals surface area contributed by atoms with Gasteiger partial charge in [-0.05, 0) is 134 Å². The van der Waals surface area contributed by atoms with Crippen LogP contribution in [0, 0.1) is 56.2 Å². The molecule has 0 unspecified atom stereocenters. The van der Waals surface area contributed by atoms with Crippen molar-refractivity contribution in [2.24, 2.45) is 56.2 Å². The van der Waals surface area contributed by atoms with Crippen LogP contribution in [0.5, 0.6) is 0 Å². The average molecular weight is 736 g/mol. The molecule has 4 fully saturated rings. The molecule has 1 aromatic rings. The highest BCUT2D eigenvalue weighted by molar-refractivity contribution is 6.30. The number of ether oxygens (including phenoxy) is 1. The summed E-state index contributed by atoms with van der Waals surface area (Å²) in [6.07, 6.45) is 7.30. The molecule has 7 nitrogen and oxygen atoms in total. The number of carbonyl (C=O) groups is 4. The second kappa shape index (κ2) is 13.0.